The van der Waals surface area contributed by atoms with Crippen LogP contribution in [0.25, 0.3) is 0 Å². The SMILES string of the molecule is Cc1ccc(C)c(S(=O)(=O)N2CC3CCC(N)C3C2)c1.Cl. The maximum Gasteiger partial charge on any atom is 0.243 e. The van der Waals surface area contributed by atoms with Crippen molar-refractivity contribution < 1.29 is 8.42 Å². The topological polar surface area (TPSA) is 63.4 Å². The number of nitrogens with zero attached hydrogens (tertiary/aromatic N) is 1. The van der Waals surface area contributed by atoms with E-state index < -0.39 is 10.0 Å². The number of halogens is 1. The Morgan fingerprint density at radius 2 is 1.90 bits per heavy atom. The van der Waals surface area contributed by atoms with Crippen LogP contribution in [0.15, 0.2) is 23.1 Å². The Balaban J connectivity index is 0.00000161. The fourth-order valence-corrected chi connectivity index (χ4v) is 5.43. The molecule has 1 aliphatic carbocycles. The van der Waals surface area contributed by atoms with Crippen molar-refractivity contribution in [2.24, 2.45) is 17.6 Å². The van der Waals surface area contributed by atoms with E-state index in [1.807, 2.05) is 26.0 Å². The molecule has 1 heterocycles. The molecule has 118 valence electrons. The van der Waals surface area contributed by atoms with Crippen molar-refractivity contribution in [3.8, 4) is 0 Å². The molecule has 2 N–H and O–H groups in total. The minimum Gasteiger partial charge on any atom is -0.327 e. The minimum atomic E-state index is -3.38. The Hall–Kier alpha value is -0.620. The smallest absolute Gasteiger partial charge is 0.243 e. The molecule has 1 aromatic carbocycles. The third-order valence-electron chi connectivity index (χ3n) is 4.84. The summed E-state index contributed by atoms with van der Waals surface area (Å²) in [4.78, 5) is 0.450. The minimum absolute atomic E-state index is 0. The van der Waals surface area contributed by atoms with Crippen molar-refractivity contribution in [1.82, 2.24) is 4.31 Å². The predicted molar refractivity (Wildman–Crippen MR) is 86.1 cm³/mol. The molecule has 21 heavy (non-hydrogen) atoms. The van der Waals surface area contributed by atoms with Gasteiger partial charge >= 0.3 is 0 Å². The van der Waals surface area contributed by atoms with Crippen molar-refractivity contribution in [2.45, 2.75) is 37.6 Å². The van der Waals surface area contributed by atoms with Gasteiger partial charge in [0.2, 0.25) is 10.0 Å². The summed E-state index contributed by atoms with van der Waals surface area (Å²) in [5.74, 6) is 0.791. The number of fused-ring (bicyclic) bond motifs is 1. The van der Waals surface area contributed by atoms with Crippen molar-refractivity contribution >= 4 is 22.4 Å². The molecule has 6 heteroatoms. The molecule has 2 aliphatic rings. The van der Waals surface area contributed by atoms with Gasteiger partial charge in [0.1, 0.15) is 0 Å². The molecule has 4 nitrogen and oxygen atoms in total. The summed E-state index contributed by atoms with van der Waals surface area (Å²) in [6.07, 6.45) is 2.09. The summed E-state index contributed by atoms with van der Waals surface area (Å²) < 4.78 is 27.3. The molecule has 0 radical (unpaired) electrons. The van der Waals surface area contributed by atoms with E-state index >= 15 is 0 Å². The maximum absolute atomic E-state index is 12.8. The summed E-state index contributed by atoms with van der Waals surface area (Å²) >= 11 is 0. The van der Waals surface area contributed by atoms with Gasteiger partial charge < -0.3 is 5.73 Å². The normalized spacial score (nSPS) is 29.2. The lowest BCUT2D eigenvalue weighted by molar-refractivity contribution is 0.427. The van der Waals surface area contributed by atoms with Gasteiger partial charge in [-0.15, -0.1) is 12.4 Å². The lowest BCUT2D eigenvalue weighted by atomic mass is 9.98. The number of hydrogen-bond donors (Lipinski definition) is 1. The van der Waals surface area contributed by atoms with E-state index in [0.29, 0.717) is 29.8 Å². The molecular weight excluding hydrogens is 308 g/mol. The quantitative estimate of drug-likeness (QED) is 0.903. The lowest BCUT2D eigenvalue weighted by Gasteiger charge is -2.20. The lowest BCUT2D eigenvalue weighted by Crippen LogP contribution is -2.33. The molecule has 2 fully saturated rings. The maximum atomic E-state index is 12.8. The molecule has 0 amide bonds. The van der Waals surface area contributed by atoms with E-state index in [0.717, 1.165) is 24.0 Å². The standard InChI is InChI=1S/C15H22N2O2S.ClH/c1-10-3-4-11(2)15(7-10)20(18,19)17-8-12-5-6-14(16)13(12)9-17;/h3-4,7,12-14H,5-6,8-9,16H2,1-2H3;1H. The Morgan fingerprint density at radius 1 is 1.19 bits per heavy atom. The number of benzene rings is 1. The summed E-state index contributed by atoms with van der Waals surface area (Å²) in [6, 6.07) is 5.77. The van der Waals surface area contributed by atoms with E-state index in [9.17, 15) is 8.42 Å². The van der Waals surface area contributed by atoms with Gasteiger partial charge in [0.15, 0.2) is 0 Å². The number of aryl methyl sites for hydroxylation is 2. The van der Waals surface area contributed by atoms with Crippen LogP contribution in [-0.2, 0) is 10.0 Å². The van der Waals surface area contributed by atoms with Gasteiger partial charge in [0, 0.05) is 19.1 Å². The average molecular weight is 331 g/mol. The predicted octanol–water partition coefficient (Wildman–Crippen LogP) is 2.08. The van der Waals surface area contributed by atoms with Crippen LogP contribution in [0.4, 0.5) is 0 Å². The van der Waals surface area contributed by atoms with Crippen LogP contribution in [0.2, 0.25) is 0 Å². The van der Waals surface area contributed by atoms with Gasteiger partial charge in [-0.3, -0.25) is 0 Å². The van der Waals surface area contributed by atoms with E-state index in [1.165, 1.54) is 0 Å². The highest BCUT2D eigenvalue weighted by Crippen LogP contribution is 2.39. The molecule has 0 bridgehead atoms. The second-order valence-corrected chi connectivity index (χ2v) is 8.16. The van der Waals surface area contributed by atoms with E-state index in [-0.39, 0.29) is 18.4 Å². The number of rotatable bonds is 2. The van der Waals surface area contributed by atoms with Crippen molar-refractivity contribution in [2.75, 3.05) is 13.1 Å². The van der Waals surface area contributed by atoms with Crippen LogP contribution < -0.4 is 5.73 Å². The summed E-state index contributed by atoms with van der Waals surface area (Å²) in [7, 11) is -3.38. The second-order valence-electron chi connectivity index (χ2n) is 6.26. The zero-order valence-electron chi connectivity index (χ0n) is 12.5. The van der Waals surface area contributed by atoms with Gasteiger partial charge in [-0.1, -0.05) is 12.1 Å². The first-order valence-corrected chi connectivity index (χ1v) is 8.66. The van der Waals surface area contributed by atoms with Crippen molar-refractivity contribution in [3.63, 3.8) is 0 Å². The first kappa shape index (κ1) is 16.7. The number of sulfonamides is 1. The van der Waals surface area contributed by atoms with Crippen LogP contribution in [-0.4, -0.2) is 31.9 Å². The molecule has 3 rings (SSSR count). The zero-order valence-corrected chi connectivity index (χ0v) is 14.1. The van der Waals surface area contributed by atoms with Crippen LogP contribution in [0.3, 0.4) is 0 Å². The third kappa shape index (κ3) is 2.84. The highest BCUT2D eigenvalue weighted by Gasteiger charge is 2.45. The van der Waals surface area contributed by atoms with E-state index in [1.54, 1.807) is 10.4 Å². The average Bonchev–Trinajstić information content (AvgIpc) is 2.95. The first-order chi connectivity index (χ1) is 9.39. The monoisotopic (exact) mass is 330 g/mol. The number of nitrogens with two attached hydrogens (primary N) is 1. The molecule has 1 saturated heterocycles. The molecule has 3 atom stereocenters. The highest BCUT2D eigenvalue weighted by molar-refractivity contribution is 7.89. The fraction of sp³-hybridized carbons (Fsp3) is 0.600. The highest BCUT2D eigenvalue weighted by atomic mass is 35.5. The Labute approximate surface area is 133 Å². The van der Waals surface area contributed by atoms with Gasteiger partial charge in [-0.2, -0.15) is 4.31 Å². The summed E-state index contributed by atoms with van der Waals surface area (Å²) in [6.45, 7) is 5.00. The second kappa shape index (κ2) is 5.88. The molecular formula is C15H23ClN2O2S. The number of hydrogen-bond acceptors (Lipinski definition) is 3. The van der Waals surface area contributed by atoms with Crippen molar-refractivity contribution in [3.05, 3.63) is 29.3 Å². The van der Waals surface area contributed by atoms with Gasteiger partial charge in [0.25, 0.3) is 0 Å². The summed E-state index contributed by atoms with van der Waals surface area (Å²) in [5.41, 5.74) is 7.89. The Bertz CT molecular complexity index is 633. The molecule has 0 spiro atoms. The molecule has 3 unspecified atom stereocenters. The zero-order chi connectivity index (χ0) is 14.5. The fourth-order valence-electron chi connectivity index (χ4n) is 3.59. The van der Waals surface area contributed by atoms with E-state index in [4.69, 9.17) is 5.73 Å². The van der Waals surface area contributed by atoms with Crippen LogP contribution in [0, 0.1) is 25.7 Å². The first-order valence-electron chi connectivity index (χ1n) is 7.22. The van der Waals surface area contributed by atoms with Crippen LogP contribution in [0.1, 0.15) is 24.0 Å². The molecule has 1 aromatic rings. The van der Waals surface area contributed by atoms with Crippen LogP contribution >= 0.6 is 12.4 Å². The van der Waals surface area contributed by atoms with Crippen LogP contribution in [0.5, 0.6) is 0 Å². The molecule has 1 aliphatic heterocycles. The third-order valence-corrected chi connectivity index (χ3v) is 6.81. The molecule has 0 aromatic heterocycles. The van der Waals surface area contributed by atoms with Gasteiger partial charge in [0.05, 0.1) is 4.90 Å². The largest absolute Gasteiger partial charge is 0.327 e. The Kier molecular flexibility index (Phi) is 4.69. The Morgan fingerprint density at radius 3 is 2.57 bits per heavy atom. The van der Waals surface area contributed by atoms with Gasteiger partial charge in [-0.25, -0.2) is 8.42 Å². The van der Waals surface area contributed by atoms with Gasteiger partial charge in [-0.05, 0) is 55.7 Å². The summed E-state index contributed by atoms with van der Waals surface area (Å²) in [5, 5.41) is 0. The van der Waals surface area contributed by atoms with Crippen molar-refractivity contribution in [1.29, 1.82) is 0 Å². The van der Waals surface area contributed by atoms with E-state index in [2.05, 4.69) is 0 Å². The molecule has 1 saturated carbocycles.